The quantitative estimate of drug-likeness (QED) is 0.479. The molecule has 0 rings (SSSR count). The Bertz CT molecular complexity index is 190. The molecule has 0 atom stereocenters. The zero-order valence-corrected chi connectivity index (χ0v) is 10.5. The van der Waals surface area contributed by atoms with Gasteiger partial charge < -0.3 is 29.3 Å². The van der Waals surface area contributed by atoms with Gasteiger partial charge in [-0.3, -0.25) is 0 Å². The summed E-state index contributed by atoms with van der Waals surface area (Å²) in [5, 5.41) is 17.1. The molecular formula is C11H22NO6. The van der Waals surface area contributed by atoms with Gasteiger partial charge >= 0.3 is 6.09 Å². The molecule has 107 valence electrons. The predicted octanol–water partition coefficient (Wildman–Crippen LogP) is -0.723. The van der Waals surface area contributed by atoms with Gasteiger partial charge in [0.05, 0.1) is 46.2 Å². The topological polar surface area (TPSA) is 88.5 Å². The van der Waals surface area contributed by atoms with Crippen LogP contribution in [0, 0.1) is 6.92 Å². The number of nitrogens with zero attached hydrogens (tertiary/aromatic N) is 1. The van der Waals surface area contributed by atoms with E-state index in [-0.39, 0.29) is 33.0 Å². The molecule has 0 spiro atoms. The zero-order chi connectivity index (χ0) is 13.6. The fourth-order valence-electron chi connectivity index (χ4n) is 1.16. The fourth-order valence-corrected chi connectivity index (χ4v) is 1.16. The SMILES string of the molecule is [CH2]COC(=O)N(CCOCCO)CCOCCO. The van der Waals surface area contributed by atoms with E-state index in [1.165, 1.54) is 4.90 Å². The number of carbonyl (C=O) groups excluding carboxylic acids is 1. The van der Waals surface area contributed by atoms with Gasteiger partial charge in [0.1, 0.15) is 0 Å². The molecule has 0 bridgehead atoms. The van der Waals surface area contributed by atoms with E-state index in [0.29, 0.717) is 26.3 Å². The number of hydrogen-bond donors (Lipinski definition) is 2. The molecule has 18 heavy (non-hydrogen) atoms. The van der Waals surface area contributed by atoms with Crippen molar-refractivity contribution in [1.82, 2.24) is 4.90 Å². The van der Waals surface area contributed by atoms with E-state index in [9.17, 15) is 4.79 Å². The maximum Gasteiger partial charge on any atom is 0.409 e. The molecule has 1 radical (unpaired) electrons. The van der Waals surface area contributed by atoms with Crippen LogP contribution in [0.4, 0.5) is 4.79 Å². The van der Waals surface area contributed by atoms with Gasteiger partial charge in [-0.2, -0.15) is 0 Å². The van der Waals surface area contributed by atoms with Crippen molar-refractivity contribution in [1.29, 1.82) is 0 Å². The van der Waals surface area contributed by atoms with E-state index in [0.717, 1.165) is 0 Å². The van der Waals surface area contributed by atoms with Crippen LogP contribution in [0.25, 0.3) is 0 Å². The van der Waals surface area contributed by atoms with Crippen molar-refractivity contribution in [2.24, 2.45) is 0 Å². The maximum absolute atomic E-state index is 11.5. The average molecular weight is 264 g/mol. The van der Waals surface area contributed by atoms with Crippen molar-refractivity contribution in [3.05, 3.63) is 6.92 Å². The smallest absolute Gasteiger partial charge is 0.409 e. The second-order valence-corrected chi connectivity index (χ2v) is 3.27. The lowest BCUT2D eigenvalue weighted by atomic mass is 10.5. The van der Waals surface area contributed by atoms with Gasteiger partial charge in [0.2, 0.25) is 0 Å². The highest BCUT2D eigenvalue weighted by Crippen LogP contribution is 1.95. The minimum atomic E-state index is -0.481. The molecule has 0 aliphatic heterocycles. The van der Waals surface area contributed by atoms with Crippen LogP contribution in [-0.4, -0.2) is 80.5 Å². The molecule has 0 aliphatic carbocycles. The van der Waals surface area contributed by atoms with E-state index in [2.05, 4.69) is 6.92 Å². The van der Waals surface area contributed by atoms with Crippen molar-refractivity contribution in [2.45, 2.75) is 0 Å². The summed E-state index contributed by atoms with van der Waals surface area (Å²) >= 11 is 0. The first kappa shape index (κ1) is 17.1. The van der Waals surface area contributed by atoms with E-state index in [1.54, 1.807) is 0 Å². The van der Waals surface area contributed by atoms with Gasteiger partial charge in [0.25, 0.3) is 0 Å². The Labute approximate surface area is 107 Å². The number of aliphatic hydroxyl groups is 2. The number of amides is 1. The Hall–Kier alpha value is -0.890. The summed E-state index contributed by atoms with van der Waals surface area (Å²) in [6, 6.07) is 0. The molecule has 0 heterocycles. The lowest BCUT2D eigenvalue weighted by Gasteiger charge is -2.21. The molecule has 0 fully saturated rings. The van der Waals surface area contributed by atoms with Crippen LogP contribution in [0.15, 0.2) is 0 Å². The molecule has 7 heteroatoms. The third kappa shape index (κ3) is 9.17. The van der Waals surface area contributed by atoms with Gasteiger partial charge in [-0.05, 0) is 6.92 Å². The number of aliphatic hydroxyl groups excluding tert-OH is 2. The molecule has 0 saturated carbocycles. The fraction of sp³-hybridized carbons (Fsp3) is 0.818. The Kier molecular flexibility index (Phi) is 11.9. The summed E-state index contributed by atoms with van der Waals surface area (Å²) in [6.45, 7) is 5.18. The summed E-state index contributed by atoms with van der Waals surface area (Å²) in [5.74, 6) is 0. The highest BCUT2D eigenvalue weighted by atomic mass is 16.6. The van der Waals surface area contributed by atoms with E-state index in [4.69, 9.17) is 24.4 Å². The molecule has 0 unspecified atom stereocenters. The Balaban J connectivity index is 3.88. The van der Waals surface area contributed by atoms with Crippen LogP contribution in [0.2, 0.25) is 0 Å². The van der Waals surface area contributed by atoms with Crippen LogP contribution in [0.5, 0.6) is 0 Å². The largest absolute Gasteiger partial charge is 0.449 e. The normalized spacial score (nSPS) is 10.4. The molecule has 7 nitrogen and oxygen atoms in total. The number of rotatable bonds is 11. The van der Waals surface area contributed by atoms with Crippen molar-refractivity contribution >= 4 is 6.09 Å². The maximum atomic E-state index is 11.5. The highest BCUT2D eigenvalue weighted by Gasteiger charge is 2.13. The predicted molar refractivity (Wildman–Crippen MR) is 64.1 cm³/mol. The van der Waals surface area contributed by atoms with E-state index >= 15 is 0 Å². The van der Waals surface area contributed by atoms with Crippen molar-refractivity contribution in [3.63, 3.8) is 0 Å². The summed E-state index contributed by atoms with van der Waals surface area (Å²) < 4.78 is 14.9. The summed E-state index contributed by atoms with van der Waals surface area (Å²) in [7, 11) is 0. The Morgan fingerprint density at radius 1 is 1.00 bits per heavy atom. The first-order valence-electron chi connectivity index (χ1n) is 5.84. The lowest BCUT2D eigenvalue weighted by molar-refractivity contribution is 0.0436. The number of carbonyl (C=O) groups is 1. The molecular weight excluding hydrogens is 242 g/mol. The second-order valence-electron chi connectivity index (χ2n) is 3.27. The minimum absolute atomic E-state index is 0.0526. The summed E-state index contributed by atoms with van der Waals surface area (Å²) in [6.07, 6.45) is -0.481. The standard InChI is InChI=1S/C11H22NO6/c1-2-18-11(15)12(3-7-16-9-5-13)4-8-17-10-6-14/h13-14H,1-10H2. The van der Waals surface area contributed by atoms with Crippen LogP contribution in [0.3, 0.4) is 0 Å². The van der Waals surface area contributed by atoms with Gasteiger partial charge in [-0.15, -0.1) is 0 Å². The zero-order valence-electron chi connectivity index (χ0n) is 10.5. The van der Waals surface area contributed by atoms with Crippen molar-refractivity contribution < 1.29 is 29.2 Å². The molecule has 0 aromatic rings. The van der Waals surface area contributed by atoms with Crippen LogP contribution in [0.1, 0.15) is 0 Å². The molecule has 0 aromatic carbocycles. The molecule has 1 amide bonds. The van der Waals surface area contributed by atoms with Gasteiger partial charge in [-0.1, -0.05) is 0 Å². The monoisotopic (exact) mass is 264 g/mol. The minimum Gasteiger partial charge on any atom is -0.449 e. The summed E-state index contributed by atoms with van der Waals surface area (Å²) in [5.41, 5.74) is 0. The van der Waals surface area contributed by atoms with Crippen LogP contribution < -0.4 is 0 Å². The first-order chi connectivity index (χ1) is 8.76. The van der Waals surface area contributed by atoms with Crippen molar-refractivity contribution in [3.8, 4) is 0 Å². The van der Waals surface area contributed by atoms with Crippen molar-refractivity contribution in [2.75, 3.05) is 59.3 Å². The van der Waals surface area contributed by atoms with E-state index in [1.807, 2.05) is 0 Å². The molecule has 2 N–H and O–H groups in total. The molecule has 0 aromatic heterocycles. The lowest BCUT2D eigenvalue weighted by Crippen LogP contribution is -2.37. The highest BCUT2D eigenvalue weighted by molar-refractivity contribution is 5.67. The van der Waals surface area contributed by atoms with E-state index < -0.39 is 6.09 Å². The Morgan fingerprint density at radius 3 is 1.89 bits per heavy atom. The second kappa shape index (κ2) is 12.6. The molecule has 0 aliphatic rings. The van der Waals surface area contributed by atoms with Gasteiger partial charge in [-0.25, -0.2) is 4.79 Å². The number of ether oxygens (including phenoxy) is 3. The van der Waals surface area contributed by atoms with Crippen LogP contribution in [-0.2, 0) is 14.2 Å². The Morgan fingerprint density at radius 2 is 1.50 bits per heavy atom. The number of hydrogen-bond acceptors (Lipinski definition) is 6. The van der Waals surface area contributed by atoms with Gasteiger partial charge in [0.15, 0.2) is 0 Å². The first-order valence-corrected chi connectivity index (χ1v) is 5.84. The third-order valence-corrected chi connectivity index (χ3v) is 1.97. The summed E-state index contributed by atoms with van der Waals surface area (Å²) in [4.78, 5) is 13.0. The third-order valence-electron chi connectivity index (χ3n) is 1.97. The van der Waals surface area contributed by atoms with Crippen LogP contribution >= 0.6 is 0 Å². The average Bonchev–Trinajstić information content (AvgIpc) is 2.37. The van der Waals surface area contributed by atoms with Gasteiger partial charge in [0, 0.05) is 13.1 Å². The molecule has 0 saturated heterocycles.